The Labute approximate surface area is 171 Å². The van der Waals surface area contributed by atoms with Gasteiger partial charge in [-0.3, -0.25) is 9.69 Å². The number of carboxylic acids is 1. The number of thiocarbonyl (C=S) groups is 1. The van der Waals surface area contributed by atoms with Crippen molar-refractivity contribution in [1.29, 1.82) is 0 Å². The molecule has 0 radical (unpaired) electrons. The number of amides is 1. The molecule has 0 atom stereocenters. The second-order valence-corrected chi connectivity index (χ2v) is 8.93. The molecular formula is C19H17N2O3S3-. The zero-order valence-electron chi connectivity index (χ0n) is 15.0. The van der Waals surface area contributed by atoms with Crippen LogP contribution in [0.2, 0.25) is 0 Å². The van der Waals surface area contributed by atoms with E-state index < -0.39 is 18.4 Å². The predicted molar refractivity (Wildman–Crippen MR) is 112 cm³/mol. The Kier molecular flexibility index (Phi) is 5.78. The molecule has 1 fully saturated rings. The van der Waals surface area contributed by atoms with E-state index >= 15 is 0 Å². The summed E-state index contributed by atoms with van der Waals surface area (Å²) >= 11 is 7.88. The van der Waals surface area contributed by atoms with Crippen molar-refractivity contribution in [2.75, 3.05) is 18.5 Å². The molecule has 0 aromatic heterocycles. The number of hydrogen-bond donors (Lipinski definition) is 0. The number of allylic oxidation sites excluding steroid dienone is 4. The van der Waals surface area contributed by atoms with Gasteiger partial charge in [-0.05, 0) is 49.3 Å². The molecule has 3 rings (SSSR count). The Morgan fingerprint density at radius 1 is 1.33 bits per heavy atom. The monoisotopic (exact) mass is 417 g/mol. The highest BCUT2D eigenvalue weighted by Gasteiger charge is 2.31. The quantitative estimate of drug-likeness (QED) is 0.551. The molecule has 2 aliphatic rings. The third-order valence-electron chi connectivity index (χ3n) is 4.03. The number of aryl methyl sites for hydroxylation is 1. The molecule has 1 aromatic carbocycles. The molecule has 27 heavy (non-hydrogen) atoms. The lowest BCUT2D eigenvalue weighted by molar-refractivity contribution is -0.305. The second-order valence-electron chi connectivity index (χ2n) is 6.19. The van der Waals surface area contributed by atoms with Crippen LogP contribution in [0, 0.1) is 6.92 Å². The molecule has 0 unspecified atom stereocenters. The van der Waals surface area contributed by atoms with E-state index in [9.17, 15) is 14.7 Å². The first-order valence-electron chi connectivity index (χ1n) is 8.12. The number of nitrogens with zero attached hydrogens (tertiary/aromatic N) is 2. The summed E-state index contributed by atoms with van der Waals surface area (Å²) in [7, 11) is 2.02. The van der Waals surface area contributed by atoms with Gasteiger partial charge in [-0.15, -0.1) is 0 Å². The van der Waals surface area contributed by atoms with E-state index in [1.165, 1.54) is 16.1 Å². The van der Waals surface area contributed by atoms with Crippen LogP contribution in [0.4, 0.5) is 5.69 Å². The van der Waals surface area contributed by atoms with Crippen LogP contribution in [0.3, 0.4) is 0 Å². The second kappa shape index (κ2) is 7.92. The fraction of sp³-hybridized carbons (Fsp3) is 0.211. The number of aliphatic carboxylic acids is 1. The van der Waals surface area contributed by atoms with E-state index in [-0.39, 0.29) is 4.32 Å². The van der Waals surface area contributed by atoms with Crippen molar-refractivity contribution in [2.45, 2.75) is 18.7 Å². The average Bonchev–Trinajstić information content (AvgIpc) is 3.03. The van der Waals surface area contributed by atoms with Gasteiger partial charge in [-0.2, -0.15) is 0 Å². The van der Waals surface area contributed by atoms with Crippen LogP contribution in [-0.2, 0) is 9.59 Å². The normalized spacial score (nSPS) is 20.2. The number of rotatable bonds is 4. The Morgan fingerprint density at radius 2 is 2.07 bits per heavy atom. The lowest BCUT2D eigenvalue weighted by Crippen LogP contribution is -2.40. The van der Waals surface area contributed by atoms with Crippen molar-refractivity contribution in [3.05, 3.63) is 57.5 Å². The van der Waals surface area contributed by atoms with Gasteiger partial charge < -0.3 is 14.8 Å². The number of carbonyl (C=O) groups is 2. The minimum atomic E-state index is -1.33. The lowest BCUT2D eigenvalue weighted by Gasteiger charge is -2.14. The van der Waals surface area contributed by atoms with Gasteiger partial charge in [0.2, 0.25) is 0 Å². The Balaban J connectivity index is 1.76. The number of benzene rings is 1. The van der Waals surface area contributed by atoms with Crippen LogP contribution >= 0.6 is 35.7 Å². The van der Waals surface area contributed by atoms with Gasteiger partial charge in [0, 0.05) is 11.9 Å². The maximum Gasteiger partial charge on any atom is 0.266 e. The van der Waals surface area contributed by atoms with Crippen LogP contribution in [0.5, 0.6) is 0 Å². The summed E-state index contributed by atoms with van der Waals surface area (Å²) in [5, 5.41) is 11.8. The molecule has 1 aromatic rings. The average molecular weight is 418 g/mol. The Bertz CT molecular complexity index is 934. The highest BCUT2D eigenvalue weighted by atomic mass is 32.2. The molecule has 1 saturated heterocycles. The number of carbonyl (C=O) groups excluding carboxylic acids is 2. The first-order chi connectivity index (χ1) is 12.8. The van der Waals surface area contributed by atoms with E-state index in [2.05, 4.69) is 30.0 Å². The molecule has 0 aliphatic carbocycles. The largest absolute Gasteiger partial charge is 0.548 e. The summed E-state index contributed by atoms with van der Waals surface area (Å²) in [5.41, 5.74) is 3.27. The summed E-state index contributed by atoms with van der Waals surface area (Å²) in [6.07, 6.45) is 5.67. The van der Waals surface area contributed by atoms with Crippen LogP contribution in [0.15, 0.2) is 56.8 Å². The van der Waals surface area contributed by atoms with E-state index in [1.54, 1.807) is 17.8 Å². The number of anilines is 1. The van der Waals surface area contributed by atoms with Crippen LogP contribution in [-0.4, -0.2) is 34.7 Å². The fourth-order valence-corrected chi connectivity index (χ4v) is 5.10. The molecule has 140 valence electrons. The highest BCUT2D eigenvalue weighted by Crippen LogP contribution is 2.45. The lowest BCUT2D eigenvalue weighted by atomic mass is 10.2. The van der Waals surface area contributed by atoms with Crippen molar-refractivity contribution >= 4 is 57.6 Å². The number of hydrogen-bond acceptors (Lipinski definition) is 7. The summed E-state index contributed by atoms with van der Waals surface area (Å²) in [6, 6.07) is 6.36. The number of thioether (sulfide) groups is 2. The number of carboxylic acid groups (broad SMARTS) is 1. The van der Waals surface area contributed by atoms with Gasteiger partial charge in [0.15, 0.2) is 0 Å². The smallest absolute Gasteiger partial charge is 0.266 e. The van der Waals surface area contributed by atoms with Crippen molar-refractivity contribution in [3.8, 4) is 0 Å². The van der Waals surface area contributed by atoms with E-state index in [0.29, 0.717) is 4.91 Å². The van der Waals surface area contributed by atoms with E-state index in [1.807, 2.05) is 26.1 Å². The first kappa shape index (κ1) is 19.7. The van der Waals surface area contributed by atoms with Gasteiger partial charge in [0.25, 0.3) is 5.91 Å². The van der Waals surface area contributed by atoms with Crippen molar-refractivity contribution < 1.29 is 14.7 Å². The summed E-state index contributed by atoms with van der Waals surface area (Å²) < 4.78 is 0.235. The van der Waals surface area contributed by atoms with Gasteiger partial charge in [-0.25, -0.2) is 0 Å². The molecule has 2 aliphatic heterocycles. The maximum atomic E-state index is 12.3. The van der Waals surface area contributed by atoms with Crippen LogP contribution < -0.4 is 10.0 Å². The Hall–Kier alpha value is -2.03. The third-order valence-corrected chi connectivity index (χ3v) is 6.57. The van der Waals surface area contributed by atoms with E-state index in [0.717, 1.165) is 27.3 Å². The van der Waals surface area contributed by atoms with Crippen LogP contribution in [0.1, 0.15) is 12.5 Å². The molecular weight excluding hydrogens is 400 g/mol. The molecule has 0 saturated carbocycles. The molecule has 0 N–H and O–H groups in total. The Morgan fingerprint density at radius 3 is 2.78 bits per heavy atom. The summed E-state index contributed by atoms with van der Waals surface area (Å²) in [4.78, 5) is 27.8. The molecule has 0 spiro atoms. The fourth-order valence-electron chi connectivity index (χ4n) is 2.65. The minimum absolute atomic E-state index is 0.235. The predicted octanol–water partition coefficient (Wildman–Crippen LogP) is 2.82. The van der Waals surface area contributed by atoms with Gasteiger partial charge in [-0.1, -0.05) is 47.9 Å². The van der Waals surface area contributed by atoms with Gasteiger partial charge in [0.05, 0.1) is 28.1 Å². The van der Waals surface area contributed by atoms with Crippen molar-refractivity contribution in [2.24, 2.45) is 0 Å². The van der Waals surface area contributed by atoms with E-state index in [4.69, 9.17) is 12.2 Å². The maximum absolute atomic E-state index is 12.3. The standard InChI is InChI=1S/C19H18N2O3S3/c1-11-4-6-13-14(8-11)26-16(20(13)3)7-5-12(2)9-15-18(24)21(10-17(22)23)19(25)27-15/h4-9H,10H2,1-3H3,(H,22,23)/p-1. The zero-order chi connectivity index (χ0) is 19.7. The summed E-state index contributed by atoms with van der Waals surface area (Å²) in [5.74, 6) is -1.73. The molecule has 0 bridgehead atoms. The first-order valence-corrected chi connectivity index (χ1v) is 10.2. The third kappa shape index (κ3) is 4.28. The van der Waals surface area contributed by atoms with Gasteiger partial charge >= 0.3 is 0 Å². The zero-order valence-corrected chi connectivity index (χ0v) is 17.5. The topological polar surface area (TPSA) is 63.7 Å². The minimum Gasteiger partial charge on any atom is -0.548 e. The van der Waals surface area contributed by atoms with Crippen molar-refractivity contribution in [3.63, 3.8) is 0 Å². The highest BCUT2D eigenvalue weighted by molar-refractivity contribution is 8.26. The summed E-state index contributed by atoms with van der Waals surface area (Å²) in [6.45, 7) is 3.44. The van der Waals surface area contributed by atoms with Crippen LogP contribution in [0.25, 0.3) is 0 Å². The molecule has 5 nitrogen and oxygen atoms in total. The number of fused-ring (bicyclic) bond motifs is 1. The van der Waals surface area contributed by atoms with Gasteiger partial charge in [0.1, 0.15) is 4.32 Å². The molecule has 2 heterocycles. The SMILES string of the molecule is CC(=CC=C1Sc2cc(C)ccc2N1C)C=C1SC(=S)N(CC(=O)[O-])C1=O. The molecule has 1 amide bonds. The molecule has 8 heteroatoms. The van der Waals surface area contributed by atoms with Crippen molar-refractivity contribution in [1.82, 2.24) is 4.90 Å².